The number of sulfonamides is 1. The molecule has 0 spiro atoms. The van der Waals surface area contributed by atoms with Gasteiger partial charge in [0, 0.05) is 61.5 Å². The van der Waals surface area contributed by atoms with E-state index in [9.17, 15) is 27.9 Å². The number of fused-ring (bicyclic) bond motifs is 2. The van der Waals surface area contributed by atoms with Crippen LogP contribution in [0.5, 0.6) is 11.5 Å². The first-order valence-corrected chi connectivity index (χ1v) is 16.3. The molecule has 3 aromatic carbocycles. The van der Waals surface area contributed by atoms with Crippen molar-refractivity contribution in [2.45, 2.75) is 42.0 Å². The van der Waals surface area contributed by atoms with Gasteiger partial charge in [0.15, 0.2) is 0 Å². The van der Waals surface area contributed by atoms with Gasteiger partial charge in [0.2, 0.25) is 15.9 Å². The normalized spacial score (nSPS) is 18.6. The lowest BCUT2D eigenvalue weighted by atomic mass is 9.69. The topological polar surface area (TPSA) is 151 Å². The summed E-state index contributed by atoms with van der Waals surface area (Å²) in [5.41, 5.74) is 1.60. The van der Waals surface area contributed by atoms with Crippen LogP contribution in [0.1, 0.15) is 47.2 Å². The highest BCUT2D eigenvalue weighted by atomic mass is 32.2. The number of methoxy groups -OCH3 is 1. The first-order chi connectivity index (χ1) is 21.7. The number of carbonyl (C=O) groups is 3. The summed E-state index contributed by atoms with van der Waals surface area (Å²) in [6, 6.07) is 20.1. The van der Waals surface area contributed by atoms with Crippen molar-refractivity contribution in [1.82, 2.24) is 14.9 Å². The van der Waals surface area contributed by atoms with E-state index in [-0.39, 0.29) is 36.9 Å². The molecule has 2 amide bonds. The smallest absolute Gasteiger partial charge is 0.407 e. The van der Waals surface area contributed by atoms with E-state index in [4.69, 9.17) is 9.47 Å². The fraction of sp³-hybridized carbons (Fsp3) is 0.364. The summed E-state index contributed by atoms with van der Waals surface area (Å²) in [6.45, 7) is 0.671. The third-order valence-corrected chi connectivity index (χ3v) is 10.1. The number of amides is 2. The molecule has 0 aliphatic carbocycles. The Labute approximate surface area is 262 Å². The second kappa shape index (κ2) is 13.8. The van der Waals surface area contributed by atoms with Crippen molar-refractivity contribution in [3.63, 3.8) is 0 Å². The number of hydrogen-bond donors (Lipinski definition) is 3. The molecule has 2 heterocycles. The van der Waals surface area contributed by atoms with Crippen molar-refractivity contribution in [3.8, 4) is 11.5 Å². The Kier molecular flexibility index (Phi) is 9.86. The maximum Gasteiger partial charge on any atom is 0.407 e. The van der Waals surface area contributed by atoms with E-state index in [1.807, 2.05) is 48.5 Å². The van der Waals surface area contributed by atoms with Gasteiger partial charge in [-0.2, -0.15) is 0 Å². The molecule has 12 heteroatoms. The van der Waals surface area contributed by atoms with Gasteiger partial charge < -0.3 is 24.8 Å². The first-order valence-electron chi connectivity index (χ1n) is 14.9. The minimum atomic E-state index is -4.05. The van der Waals surface area contributed by atoms with Crippen LogP contribution in [0, 0.1) is 5.92 Å². The summed E-state index contributed by atoms with van der Waals surface area (Å²) in [6.07, 6.45) is 1.83. The number of ether oxygens (including phenoxy) is 2. The molecule has 1 fully saturated rings. The van der Waals surface area contributed by atoms with Crippen molar-refractivity contribution in [3.05, 3.63) is 89.5 Å². The Morgan fingerprint density at radius 1 is 1.00 bits per heavy atom. The predicted octanol–water partition coefficient (Wildman–Crippen LogP) is 4.17. The molecule has 2 atom stereocenters. The van der Waals surface area contributed by atoms with E-state index in [1.54, 1.807) is 7.11 Å². The zero-order valence-corrected chi connectivity index (χ0v) is 25.8. The predicted molar refractivity (Wildman–Crippen MR) is 166 cm³/mol. The van der Waals surface area contributed by atoms with Crippen LogP contribution in [0.15, 0.2) is 77.7 Å². The molecule has 5 rings (SSSR count). The fourth-order valence-corrected chi connectivity index (χ4v) is 7.55. The highest BCUT2D eigenvalue weighted by Gasteiger charge is 2.43. The molecule has 45 heavy (non-hydrogen) atoms. The average Bonchev–Trinajstić information content (AvgIpc) is 3.05. The van der Waals surface area contributed by atoms with E-state index in [0.29, 0.717) is 36.4 Å². The number of piperidine rings is 1. The van der Waals surface area contributed by atoms with Crippen LogP contribution in [0.4, 0.5) is 4.79 Å². The molecule has 0 aromatic heterocycles. The van der Waals surface area contributed by atoms with Gasteiger partial charge >= 0.3 is 6.09 Å². The molecule has 3 N–H and O–H groups in total. The lowest BCUT2D eigenvalue weighted by molar-refractivity contribution is -0.126. The van der Waals surface area contributed by atoms with Gasteiger partial charge in [-0.15, -0.1) is 0 Å². The summed E-state index contributed by atoms with van der Waals surface area (Å²) in [5.74, 6) is 0.263. The van der Waals surface area contributed by atoms with Crippen LogP contribution in [0.2, 0.25) is 0 Å². The van der Waals surface area contributed by atoms with E-state index in [2.05, 4.69) is 10.0 Å². The molecular weight excluding hydrogens is 598 g/mol. The van der Waals surface area contributed by atoms with Crippen LogP contribution >= 0.6 is 0 Å². The maximum absolute atomic E-state index is 13.8. The average molecular weight is 636 g/mol. The Hall–Kier alpha value is -4.26. The molecular formula is C33H37N3O8S. The van der Waals surface area contributed by atoms with Crippen LogP contribution in [-0.4, -0.2) is 76.1 Å². The highest BCUT2D eigenvalue weighted by molar-refractivity contribution is 7.89. The Morgan fingerprint density at radius 2 is 1.64 bits per heavy atom. The number of carbonyl (C=O) groups excluding carboxylic acids is 2. The number of likely N-dealkylation sites (tertiary alicyclic amines) is 1. The van der Waals surface area contributed by atoms with Gasteiger partial charge in [-0.3, -0.25) is 9.59 Å². The van der Waals surface area contributed by atoms with Crippen molar-refractivity contribution in [2.24, 2.45) is 5.92 Å². The zero-order chi connectivity index (χ0) is 32.0. The number of para-hydroxylation sites is 2. The van der Waals surface area contributed by atoms with Crippen LogP contribution in [-0.2, 0) is 25.0 Å². The number of carboxylic acid groups (broad SMARTS) is 1. The third kappa shape index (κ3) is 7.03. The minimum absolute atomic E-state index is 0.0613. The van der Waals surface area contributed by atoms with Crippen LogP contribution in [0.25, 0.3) is 0 Å². The second-order valence-corrected chi connectivity index (χ2v) is 13.2. The van der Waals surface area contributed by atoms with E-state index in [1.165, 1.54) is 24.3 Å². The zero-order valence-electron chi connectivity index (χ0n) is 25.0. The van der Waals surface area contributed by atoms with Crippen LogP contribution < -0.4 is 14.8 Å². The lowest BCUT2D eigenvalue weighted by Crippen LogP contribution is -2.56. The van der Waals surface area contributed by atoms with Gasteiger partial charge in [0.1, 0.15) is 17.8 Å². The summed E-state index contributed by atoms with van der Waals surface area (Å²) < 4.78 is 40.3. The lowest BCUT2D eigenvalue weighted by Gasteiger charge is -2.41. The SMILES string of the molecule is COCCCCC1(CNC(=O)[C@H]2C[C@@H](NS(=O)(=O)c3ccc(C=O)cc3)CN(C(=O)O)C2)c2ccccc2Oc2ccccc21. The largest absolute Gasteiger partial charge is 0.465 e. The molecule has 238 valence electrons. The summed E-state index contributed by atoms with van der Waals surface area (Å²) in [4.78, 5) is 37.8. The molecule has 2 aliphatic heterocycles. The van der Waals surface area contributed by atoms with E-state index >= 15 is 0 Å². The molecule has 0 saturated carbocycles. The van der Waals surface area contributed by atoms with Gasteiger partial charge in [-0.1, -0.05) is 48.5 Å². The molecule has 0 radical (unpaired) electrons. The number of hydrogen-bond acceptors (Lipinski definition) is 7. The van der Waals surface area contributed by atoms with Crippen molar-refractivity contribution in [1.29, 1.82) is 0 Å². The number of nitrogens with zero attached hydrogens (tertiary/aromatic N) is 1. The number of aldehydes is 1. The summed E-state index contributed by atoms with van der Waals surface area (Å²) >= 11 is 0. The second-order valence-electron chi connectivity index (χ2n) is 11.5. The Bertz CT molecular complexity index is 1600. The van der Waals surface area contributed by atoms with Gasteiger partial charge in [-0.05, 0) is 49.9 Å². The van der Waals surface area contributed by atoms with Gasteiger partial charge in [0.25, 0.3) is 0 Å². The Morgan fingerprint density at radius 3 is 2.24 bits per heavy atom. The number of benzene rings is 3. The van der Waals surface area contributed by atoms with Crippen molar-refractivity contribution >= 4 is 28.3 Å². The molecule has 11 nitrogen and oxygen atoms in total. The Balaban J connectivity index is 1.38. The number of rotatable bonds is 12. The van der Waals surface area contributed by atoms with Crippen LogP contribution in [0.3, 0.4) is 0 Å². The van der Waals surface area contributed by atoms with Gasteiger partial charge in [0.05, 0.1) is 10.8 Å². The monoisotopic (exact) mass is 635 g/mol. The highest BCUT2D eigenvalue weighted by Crippen LogP contribution is 2.50. The standard InChI is InChI=1S/C33H37N3O8S/c1-43-17-7-6-16-33(27-8-2-4-10-29(27)44-30-11-5-3-9-28(30)33)22-34-31(38)24-18-25(20-36(19-24)32(39)40)35-45(41,42)26-14-12-23(21-37)13-15-26/h2-5,8-15,21,24-25,35H,6-7,16-20,22H2,1H3,(H,34,38)(H,39,40)/t24-,25+/m0/s1. The van der Waals surface area contributed by atoms with Crippen molar-refractivity contribution in [2.75, 3.05) is 33.4 Å². The van der Waals surface area contributed by atoms with E-state index in [0.717, 1.165) is 28.9 Å². The quantitative estimate of drug-likeness (QED) is 0.198. The summed E-state index contributed by atoms with van der Waals surface area (Å²) in [5, 5.41) is 12.9. The van der Waals surface area contributed by atoms with Crippen molar-refractivity contribution < 1.29 is 37.4 Å². The van der Waals surface area contributed by atoms with E-state index < -0.39 is 33.5 Å². The molecule has 1 saturated heterocycles. The summed E-state index contributed by atoms with van der Waals surface area (Å²) in [7, 11) is -2.38. The van der Waals surface area contributed by atoms with Gasteiger partial charge in [-0.25, -0.2) is 17.9 Å². The molecule has 2 aliphatic rings. The molecule has 0 unspecified atom stereocenters. The fourth-order valence-electron chi connectivity index (χ4n) is 6.31. The minimum Gasteiger partial charge on any atom is -0.465 e. The third-order valence-electron chi connectivity index (χ3n) is 8.53. The number of nitrogens with one attached hydrogen (secondary N) is 2. The molecule has 3 aromatic rings. The number of unbranched alkanes of at least 4 members (excludes halogenated alkanes) is 1. The maximum atomic E-state index is 13.8. The first kappa shape index (κ1) is 32.1. The molecule has 0 bridgehead atoms.